The van der Waals surface area contributed by atoms with Crippen LogP contribution in [0.2, 0.25) is 5.02 Å². The van der Waals surface area contributed by atoms with Crippen LogP contribution in [-0.2, 0) is 11.3 Å². The standard InChI is InChI=1S/C15H15ClN2O4S/c1-15(2,22-10-5-3-9(16)4-6-10)14(21)17-7-12-18-11(8-23-12)13(19)20/h3-6,8H,7H2,1-2H3,(H,17,21)(H,19,20). The molecule has 0 radical (unpaired) electrons. The molecule has 2 N–H and O–H groups in total. The molecule has 0 saturated carbocycles. The number of carboxylic acid groups (broad SMARTS) is 1. The third-order valence-electron chi connectivity index (χ3n) is 2.90. The van der Waals surface area contributed by atoms with Crippen molar-refractivity contribution in [1.82, 2.24) is 10.3 Å². The van der Waals surface area contributed by atoms with Crippen molar-refractivity contribution in [2.24, 2.45) is 0 Å². The van der Waals surface area contributed by atoms with Crippen molar-refractivity contribution in [3.63, 3.8) is 0 Å². The molecule has 0 fully saturated rings. The van der Waals surface area contributed by atoms with Crippen LogP contribution < -0.4 is 10.1 Å². The summed E-state index contributed by atoms with van der Waals surface area (Å²) in [5.74, 6) is -0.901. The van der Waals surface area contributed by atoms with Crippen LogP contribution in [0.15, 0.2) is 29.6 Å². The van der Waals surface area contributed by atoms with E-state index in [-0.39, 0.29) is 18.1 Å². The number of aromatic nitrogens is 1. The Morgan fingerprint density at radius 1 is 1.35 bits per heavy atom. The summed E-state index contributed by atoms with van der Waals surface area (Å²) in [6, 6.07) is 6.70. The molecule has 0 aliphatic rings. The summed E-state index contributed by atoms with van der Waals surface area (Å²) >= 11 is 6.98. The van der Waals surface area contributed by atoms with Gasteiger partial charge in [0.1, 0.15) is 10.8 Å². The number of carbonyl (C=O) groups excluding carboxylic acids is 1. The smallest absolute Gasteiger partial charge is 0.355 e. The van der Waals surface area contributed by atoms with E-state index in [1.807, 2.05) is 0 Å². The van der Waals surface area contributed by atoms with Crippen LogP contribution in [0.5, 0.6) is 5.75 Å². The minimum atomic E-state index is -1.10. The predicted molar refractivity (Wildman–Crippen MR) is 87.1 cm³/mol. The molecule has 1 amide bonds. The first-order valence-electron chi connectivity index (χ1n) is 6.68. The first-order valence-corrected chi connectivity index (χ1v) is 7.94. The molecule has 1 aromatic heterocycles. The van der Waals surface area contributed by atoms with Crippen LogP contribution >= 0.6 is 22.9 Å². The van der Waals surface area contributed by atoms with E-state index in [0.29, 0.717) is 15.8 Å². The van der Waals surface area contributed by atoms with E-state index in [0.717, 1.165) is 0 Å². The first kappa shape index (κ1) is 17.2. The number of nitrogens with one attached hydrogen (secondary N) is 1. The SMILES string of the molecule is CC(C)(Oc1ccc(Cl)cc1)C(=O)NCc1nc(C(=O)O)cs1. The van der Waals surface area contributed by atoms with Crippen molar-refractivity contribution >= 4 is 34.8 Å². The molecule has 6 nitrogen and oxygen atoms in total. The van der Waals surface area contributed by atoms with E-state index in [4.69, 9.17) is 21.4 Å². The third-order valence-corrected chi connectivity index (χ3v) is 4.01. The molecular weight excluding hydrogens is 340 g/mol. The molecule has 2 aromatic rings. The second kappa shape index (κ2) is 6.97. The van der Waals surface area contributed by atoms with Crippen molar-refractivity contribution < 1.29 is 19.4 Å². The summed E-state index contributed by atoms with van der Waals surface area (Å²) in [4.78, 5) is 26.9. The lowest BCUT2D eigenvalue weighted by Gasteiger charge is -2.25. The number of ether oxygens (including phenoxy) is 1. The zero-order valence-corrected chi connectivity index (χ0v) is 14.1. The Bertz CT molecular complexity index is 713. The number of carboxylic acids is 1. The number of hydrogen-bond acceptors (Lipinski definition) is 5. The van der Waals surface area contributed by atoms with Gasteiger partial charge < -0.3 is 15.2 Å². The Balaban J connectivity index is 1.94. The lowest BCUT2D eigenvalue weighted by molar-refractivity contribution is -0.134. The number of halogens is 1. The minimum absolute atomic E-state index is 0.0316. The van der Waals surface area contributed by atoms with Crippen LogP contribution in [0.1, 0.15) is 29.3 Å². The summed E-state index contributed by atoms with van der Waals surface area (Å²) < 4.78 is 5.67. The van der Waals surface area contributed by atoms with Gasteiger partial charge in [-0.25, -0.2) is 9.78 Å². The molecule has 1 heterocycles. The number of benzene rings is 1. The summed E-state index contributed by atoms with van der Waals surface area (Å²) in [6.07, 6.45) is 0. The Morgan fingerprint density at radius 3 is 2.57 bits per heavy atom. The van der Waals surface area contributed by atoms with Crippen molar-refractivity contribution in [3.8, 4) is 5.75 Å². The number of nitrogens with zero attached hydrogens (tertiary/aromatic N) is 1. The van der Waals surface area contributed by atoms with Gasteiger partial charge >= 0.3 is 5.97 Å². The molecule has 0 aliphatic heterocycles. The third kappa shape index (κ3) is 4.67. The minimum Gasteiger partial charge on any atom is -0.478 e. The number of thiazole rings is 1. The Labute approximate surface area is 142 Å². The molecular formula is C15H15ClN2O4S. The van der Waals surface area contributed by atoms with E-state index in [9.17, 15) is 9.59 Å². The summed E-state index contributed by atoms with van der Waals surface area (Å²) in [7, 11) is 0. The summed E-state index contributed by atoms with van der Waals surface area (Å²) in [5, 5.41) is 14.0. The summed E-state index contributed by atoms with van der Waals surface area (Å²) in [5.41, 5.74) is -1.13. The molecule has 122 valence electrons. The van der Waals surface area contributed by atoms with E-state index >= 15 is 0 Å². The molecule has 2 rings (SSSR count). The van der Waals surface area contributed by atoms with E-state index in [1.54, 1.807) is 38.1 Å². The molecule has 23 heavy (non-hydrogen) atoms. The molecule has 0 aliphatic carbocycles. The molecule has 0 unspecified atom stereocenters. The van der Waals surface area contributed by atoms with Crippen molar-refractivity contribution in [3.05, 3.63) is 45.4 Å². The zero-order chi connectivity index (χ0) is 17.0. The lowest BCUT2D eigenvalue weighted by atomic mass is 10.1. The molecule has 0 bridgehead atoms. The second-order valence-corrected chi connectivity index (χ2v) is 6.56. The number of amides is 1. The largest absolute Gasteiger partial charge is 0.478 e. The van der Waals surface area contributed by atoms with Gasteiger partial charge in [0.25, 0.3) is 5.91 Å². The van der Waals surface area contributed by atoms with Crippen molar-refractivity contribution in [2.75, 3.05) is 0 Å². The Kier molecular flexibility index (Phi) is 5.23. The fourth-order valence-corrected chi connectivity index (χ4v) is 2.54. The Hall–Kier alpha value is -2.12. The van der Waals surface area contributed by atoms with Gasteiger partial charge in [-0.1, -0.05) is 11.6 Å². The van der Waals surface area contributed by atoms with Crippen LogP contribution in [-0.4, -0.2) is 27.6 Å². The van der Waals surface area contributed by atoms with Crippen LogP contribution in [0.4, 0.5) is 0 Å². The average molecular weight is 355 g/mol. The highest BCUT2D eigenvalue weighted by atomic mass is 35.5. The van der Waals surface area contributed by atoms with Crippen LogP contribution in [0.3, 0.4) is 0 Å². The maximum atomic E-state index is 12.2. The molecule has 0 spiro atoms. The maximum Gasteiger partial charge on any atom is 0.355 e. The first-order chi connectivity index (χ1) is 10.8. The average Bonchev–Trinajstić information content (AvgIpc) is 2.96. The van der Waals surface area contributed by atoms with Gasteiger partial charge in [-0.2, -0.15) is 0 Å². The highest BCUT2D eigenvalue weighted by Crippen LogP contribution is 2.21. The second-order valence-electron chi connectivity index (χ2n) is 5.18. The number of rotatable bonds is 6. The van der Waals surface area contributed by atoms with Gasteiger partial charge in [0.2, 0.25) is 0 Å². The van der Waals surface area contributed by atoms with Gasteiger partial charge in [-0.05, 0) is 38.1 Å². The quantitative estimate of drug-likeness (QED) is 0.832. The predicted octanol–water partition coefficient (Wildman–Crippen LogP) is 2.97. The van der Waals surface area contributed by atoms with E-state index in [2.05, 4.69) is 10.3 Å². The molecule has 0 saturated heterocycles. The van der Waals surface area contributed by atoms with Crippen LogP contribution in [0.25, 0.3) is 0 Å². The lowest BCUT2D eigenvalue weighted by Crippen LogP contribution is -2.46. The highest BCUT2D eigenvalue weighted by Gasteiger charge is 2.30. The van der Waals surface area contributed by atoms with Gasteiger partial charge in [-0.15, -0.1) is 11.3 Å². The fourth-order valence-electron chi connectivity index (χ4n) is 1.70. The van der Waals surface area contributed by atoms with Gasteiger partial charge in [0.15, 0.2) is 11.3 Å². The number of carbonyl (C=O) groups is 2. The maximum absolute atomic E-state index is 12.2. The van der Waals surface area contributed by atoms with Gasteiger partial charge in [-0.3, -0.25) is 4.79 Å². The molecule has 0 atom stereocenters. The number of hydrogen-bond donors (Lipinski definition) is 2. The van der Waals surface area contributed by atoms with E-state index < -0.39 is 11.6 Å². The normalized spacial score (nSPS) is 11.1. The van der Waals surface area contributed by atoms with Crippen LogP contribution in [0, 0.1) is 0 Å². The molecule has 1 aromatic carbocycles. The van der Waals surface area contributed by atoms with Crippen molar-refractivity contribution in [2.45, 2.75) is 26.0 Å². The van der Waals surface area contributed by atoms with Crippen molar-refractivity contribution in [1.29, 1.82) is 0 Å². The highest BCUT2D eigenvalue weighted by molar-refractivity contribution is 7.09. The fraction of sp³-hybridized carbons (Fsp3) is 0.267. The topological polar surface area (TPSA) is 88.5 Å². The zero-order valence-electron chi connectivity index (χ0n) is 12.5. The van der Waals surface area contributed by atoms with Gasteiger partial charge in [0, 0.05) is 10.4 Å². The molecule has 8 heteroatoms. The number of aromatic carboxylic acids is 1. The van der Waals surface area contributed by atoms with E-state index in [1.165, 1.54) is 16.7 Å². The van der Waals surface area contributed by atoms with Gasteiger partial charge in [0.05, 0.1) is 6.54 Å². The summed E-state index contributed by atoms with van der Waals surface area (Å²) in [6.45, 7) is 3.42. The Morgan fingerprint density at radius 2 is 2.00 bits per heavy atom. The monoisotopic (exact) mass is 354 g/mol.